The molecule has 152 valence electrons. The van der Waals surface area contributed by atoms with Crippen LogP contribution < -0.4 is 16.0 Å². The van der Waals surface area contributed by atoms with Crippen LogP contribution in [-0.4, -0.2) is 24.8 Å². The molecule has 0 aliphatic rings. The fourth-order valence-corrected chi connectivity index (χ4v) is 2.64. The van der Waals surface area contributed by atoms with Crippen molar-refractivity contribution in [1.29, 1.82) is 0 Å². The number of anilines is 1. The molecule has 1 heterocycles. The summed E-state index contributed by atoms with van der Waals surface area (Å²) in [5.41, 5.74) is 1.80. The quantitative estimate of drug-likeness (QED) is 0.528. The topological polar surface area (TPSA) is 100 Å². The SMILES string of the molecule is CNC(=O)Cc1ccc(NC(=O)C(=Cc2ccco2)NC(=O)c2ccccc2)cc1. The van der Waals surface area contributed by atoms with Crippen molar-refractivity contribution in [1.82, 2.24) is 10.6 Å². The summed E-state index contributed by atoms with van der Waals surface area (Å²) < 4.78 is 5.27. The Morgan fingerprint density at radius 1 is 0.933 bits per heavy atom. The maximum atomic E-state index is 12.8. The number of benzene rings is 2. The third kappa shape index (κ3) is 5.68. The molecule has 3 N–H and O–H groups in total. The zero-order chi connectivity index (χ0) is 21.3. The van der Waals surface area contributed by atoms with Crippen molar-refractivity contribution in [2.75, 3.05) is 12.4 Å². The molecule has 3 rings (SSSR count). The highest BCUT2D eigenvalue weighted by atomic mass is 16.3. The molecule has 0 saturated heterocycles. The number of likely N-dealkylation sites (N-methyl/N-ethyl adjacent to an activating group) is 1. The minimum Gasteiger partial charge on any atom is -0.465 e. The summed E-state index contributed by atoms with van der Waals surface area (Å²) in [4.78, 5) is 36.8. The normalized spacial score (nSPS) is 10.9. The summed E-state index contributed by atoms with van der Waals surface area (Å²) in [6.07, 6.45) is 3.18. The van der Waals surface area contributed by atoms with Gasteiger partial charge >= 0.3 is 0 Å². The van der Waals surface area contributed by atoms with Gasteiger partial charge in [0, 0.05) is 24.4 Å². The predicted molar refractivity (Wildman–Crippen MR) is 113 cm³/mol. The van der Waals surface area contributed by atoms with E-state index in [1.807, 2.05) is 0 Å². The molecular formula is C23H21N3O4. The van der Waals surface area contributed by atoms with Gasteiger partial charge in [-0.05, 0) is 42.0 Å². The van der Waals surface area contributed by atoms with Crippen LogP contribution in [0.4, 0.5) is 5.69 Å². The van der Waals surface area contributed by atoms with Crippen molar-refractivity contribution in [3.05, 3.63) is 95.6 Å². The van der Waals surface area contributed by atoms with Crippen LogP contribution in [0.5, 0.6) is 0 Å². The largest absolute Gasteiger partial charge is 0.465 e. The highest BCUT2D eigenvalue weighted by Crippen LogP contribution is 2.13. The van der Waals surface area contributed by atoms with Crippen LogP contribution in [0.15, 0.2) is 83.1 Å². The first-order chi connectivity index (χ1) is 14.5. The Labute approximate surface area is 173 Å². The maximum Gasteiger partial charge on any atom is 0.272 e. The van der Waals surface area contributed by atoms with E-state index in [0.717, 1.165) is 5.56 Å². The Hall–Kier alpha value is -4.13. The minimum absolute atomic E-state index is 0.0354. The maximum absolute atomic E-state index is 12.8. The standard InChI is InChI=1S/C23H21N3O4/c1-24-21(27)14-16-9-11-18(12-10-16)25-23(29)20(15-19-8-5-13-30-19)26-22(28)17-6-3-2-4-7-17/h2-13,15H,14H2,1H3,(H,24,27)(H,25,29)(H,26,28). The Kier molecular flexibility index (Phi) is 6.78. The molecule has 0 aliphatic carbocycles. The molecule has 0 saturated carbocycles. The van der Waals surface area contributed by atoms with Crippen molar-refractivity contribution >= 4 is 29.5 Å². The van der Waals surface area contributed by atoms with Gasteiger partial charge < -0.3 is 20.4 Å². The van der Waals surface area contributed by atoms with Gasteiger partial charge in [0.05, 0.1) is 12.7 Å². The van der Waals surface area contributed by atoms with Crippen LogP contribution in [0.2, 0.25) is 0 Å². The molecule has 7 nitrogen and oxygen atoms in total. The van der Waals surface area contributed by atoms with E-state index in [1.165, 1.54) is 12.3 Å². The second-order valence-electron chi connectivity index (χ2n) is 6.39. The number of carbonyl (C=O) groups is 3. The molecule has 1 aromatic heterocycles. The van der Waals surface area contributed by atoms with Gasteiger partial charge in [-0.1, -0.05) is 30.3 Å². The van der Waals surface area contributed by atoms with Crippen LogP contribution >= 0.6 is 0 Å². The molecule has 0 bridgehead atoms. The number of amides is 3. The zero-order valence-corrected chi connectivity index (χ0v) is 16.3. The molecule has 0 spiro atoms. The first-order valence-corrected chi connectivity index (χ1v) is 9.27. The van der Waals surface area contributed by atoms with Gasteiger partial charge in [-0.3, -0.25) is 14.4 Å². The third-order valence-electron chi connectivity index (χ3n) is 4.21. The van der Waals surface area contributed by atoms with Crippen LogP contribution in [0.25, 0.3) is 6.08 Å². The molecular weight excluding hydrogens is 382 g/mol. The molecule has 0 unspecified atom stereocenters. The Bertz CT molecular complexity index is 1040. The summed E-state index contributed by atoms with van der Waals surface area (Å²) in [6.45, 7) is 0. The van der Waals surface area contributed by atoms with E-state index >= 15 is 0 Å². The van der Waals surface area contributed by atoms with Crippen molar-refractivity contribution in [2.45, 2.75) is 6.42 Å². The number of nitrogens with one attached hydrogen (secondary N) is 3. The highest BCUT2D eigenvalue weighted by Gasteiger charge is 2.15. The molecule has 7 heteroatoms. The minimum atomic E-state index is -0.505. The monoisotopic (exact) mass is 403 g/mol. The van der Waals surface area contributed by atoms with E-state index in [-0.39, 0.29) is 18.0 Å². The summed E-state index contributed by atoms with van der Waals surface area (Å²) in [5, 5.41) is 7.94. The number of hydrogen-bond acceptors (Lipinski definition) is 4. The molecule has 3 amide bonds. The molecule has 3 aromatic rings. The number of hydrogen-bond donors (Lipinski definition) is 3. The number of carbonyl (C=O) groups excluding carboxylic acids is 3. The second-order valence-corrected chi connectivity index (χ2v) is 6.39. The van der Waals surface area contributed by atoms with Gasteiger partial charge in [0.1, 0.15) is 11.5 Å². The average Bonchev–Trinajstić information content (AvgIpc) is 3.28. The molecule has 0 atom stereocenters. The summed E-state index contributed by atoms with van der Waals surface area (Å²) >= 11 is 0. The second kappa shape index (κ2) is 9.88. The van der Waals surface area contributed by atoms with Crippen LogP contribution in [0.3, 0.4) is 0 Å². The van der Waals surface area contributed by atoms with E-state index < -0.39 is 11.8 Å². The zero-order valence-electron chi connectivity index (χ0n) is 16.3. The van der Waals surface area contributed by atoms with Crippen LogP contribution in [0.1, 0.15) is 21.7 Å². The van der Waals surface area contributed by atoms with E-state index in [1.54, 1.807) is 73.8 Å². The fourth-order valence-electron chi connectivity index (χ4n) is 2.64. The molecule has 2 aromatic carbocycles. The summed E-state index contributed by atoms with van der Waals surface area (Å²) in [7, 11) is 1.58. The molecule has 0 fully saturated rings. The number of furan rings is 1. The summed E-state index contributed by atoms with van der Waals surface area (Å²) in [5.74, 6) is -0.590. The van der Waals surface area contributed by atoms with Gasteiger partial charge in [-0.15, -0.1) is 0 Å². The van der Waals surface area contributed by atoms with Crippen molar-refractivity contribution in [3.8, 4) is 0 Å². The number of rotatable bonds is 7. The third-order valence-corrected chi connectivity index (χ3v) is 4.21. The van der Waals surface area contributed by atoms with E-state index in [4.69, 9.17) is 4.42 Å². The lowest BCUT2D eigenvalue weighted by molar-refractivity contribution is -0.120. The van der Waals surface area contributed by atoms with Gasteiger partial charge in [0.2, 0.25) is 5.91 Å². The lowest BCUT2D eigenvalue weighted by Gasteiger charge is -2.11. The molecule has 0 radical (unpaired) electrons. The average molecular weight is 403 g/mol. The Morgan fingerprint density at radius 3 is 2.30 bits per heavy atom. The summed E-state index contributed by atoms with van der Waals surface area (Å²) in [6, 6.07) is 18.9. The van der Waals surface area contributed by atoms with Gasteiger partial charge in [0.15, 0.2) is 0 Å². The Balaban J connectivity index is 1.75. The smallest absolute Gasteiger partial charge is 0.272 e. The van der Waals surface area contributed by atoms with Crippen LogP contribution in [0, 0.1) is 0 Å². The fraction of sp³-hybridized carbons (Fsp3) is 0.0870. The van der Waals surface area contributed by atoms with Gasteiger partial charge in [0.25, 0.3) is 11.8 Å². The van der Waals surface area contributed by atoms with Gasteiger partial charge in [-0.2, -0.15) is 0 Å². The Morgan fingerprint density at radius 2 is 1.67 bits per heavy atom. The molecule has 30 heavy (non-hydrogen) atoms. The van der Waals surface area contributed by atoms with Crippen LogP contribution in [-0.2, 0) is 16.0 Å². The highest BCUT2D eigenvalue weighted by molar-refractivity contribution is 6.10. The van der Waals surface area contributed by atoms with E-state index in [0.29, 0.717) is 17.0 Å². The van der Waals surface area contributed by atoms with Gasteiger partial charge in [-0.25, -0.2) is 0 Å². The lowest BCUT2D eigenvalue weighted by Crippen LogP contribution is -2.30. The van der Waals surface area contributed by atoms with Crippen molar-refractivity contribution in [3.63, 3.8) is 0 Å². The predicted octanol–water partition coefficient (Wildman–Crippen LogP) is 2.98. The van der Waals surface area contributed by atoms with E-state index in [2.05, 4.69) is 16.0 Å². The van der Waals surface area contributed by atoms with E-state index in [9.17, 15) is 14.4 Å². The van der Waals surface area contributed by atoms with Crippen molar-refractivity contribution in [2.24, 2.45) is 0 Å². The lowest BCUT2D eigenvalue weighted by atomic mass is 10.1. The first kappa shape index (κ1) is 20.6. The van der Waals surface area contributed by atoms with Crippen molar-refractivity contribution < 1.29 is 18.8 Å². The first-order valence-electron chi connectivity index (χ1n) is 9.27. The molecule has 0 aliphatic heterocycles.